The van der Waals surface area contributed by atoms with E-state index in [1.165, 1.54) is 11.4 Å². The standard InChI is InChI=1S/C23H23ClN2O3S2/c1-26(31(28,29)21-8-3-2-4-9-21)20-13-11-18(12-14-20)23(27)25-15-16-30-17-19-7-5-6-10-22(19)24/h2-14H,15-17H2,1H3,(H,25,27). The Morgan fingerprint density at radius 1 is 0.968 bits per heavy atom. The Labute approximate surface area is 192 Å². The lowest BCUT2D eigenvalue weighted by molar-refractivity contribution is 0.0956. The summed E-state index contributed by atoms with van der Waals surface area (Å²) in [6, 6.07) is 22.4. The molecule has 1 amide bonds. The number of nitrogens with zero attached hydrogens (tertiary/aromatic N) is 1. The lowest BCUT2D eigenvalue weighted by Gasteiger charge is -2.19. The second-order valence-corrected chi connectivity index (χ2v) is 10.2. The molecule has 0 aliphatic heterocycles. The van der Waals surface area contributed by atoms with Crippen LogP contribution in [-0.2, 0) is 15.8 Å². The molecule has 0 fully saturated rings. The number of hydrogen-bond acceptors (Lipinski definition) is 4. The minimum absolute atomic E-state index is 0.196. The number of carbonyl (C=O) groups excluding carboxylic acids is 1. The Hall–Kier alpha value is -2.48. The topological polar surface area (TPSA) is 66.5 Å². The van der Waals surface area contributed by atoms with Crippen LogP contribution in [0.1, 0.15) is 15.9 Å². The number of nitrogens with one attached hydrogen (secondary N) is 1. The first-order valence-electron chi connectivity index (χ1n) is 9.63. The molecule has 3 aromatic rings. The number of thioether (sulfide) groups is 1. The second-order valence-electron chi connectivity index (χ2n) is 6.73. The van der Waals surface area contributed by atoms with E-state index in [1.807, 2.05) is 24.3 Å². The molecule has 0 spiro atoms. The molecule has 5 nitrogen and oxygen atoms in total. The van der Waals surface area contributed by atoms with Crippen LogP contribution in [-0.4, -0.2) is 33.7 Å². The first-order valence-corrected chi connectivity index (χ1v) is 12.6. The van der Waals surface area contributed by atoms with Crippen LogP contribution in [0.4, 0.5) is 5.69 Å². The van der Waals surface area contributed by atoms with Gasteiger partial charge in [-0.2, -0.15) is 11.8 Å². The fourth-order valence-corrected chi connectivity index (χ4v) is 5.21. The molecule has 0 saturated heterocycles. The Balaban J connectivity index is 1.51. The van der Waals surface area contributed by atoms with Crippen molar-refractivity contribution >= 4 is 45.0 Å². The van der Waals surface area contributed by atoms with Gasteiger partial charge in [0.2, 0.25) is 0 Å². The van der Waals surface area contributed by atoms with Crippen molar-refractivity contribution in [2.45, 2.75) is 10.6 Å². The van der Waals surface area contributed by atoms with Gasteiger partial charge in [-0.1, -0.05) is 48.0 Å². The Morgan fingerprint density at radius 3 is 2.29 bits per heavy atom. The molecule has 162 valence electrons. The number of sulfonamides is 1. The number of anilines is 1. The number of hydrogen-bond donors (Lipinski definition) is 1. The highest BCUT2D eigenvalue weighted by Gasteiger charge is 2.21. The summed E-state index contributed by atoms with van der Waals surface area (Å²) in [6.45, 7) is 0.526. The van der Waals surface area contributed by atoms with Gasteiger partial charge in [-0.15, -0.1) is 0 Å². The van der Waals surface area contributed by atoms with Gasteiger partial charge in [0.1, 0.15) is 0 Å². The molecular formula is C23H23ClN2O3S2. The monoisotopic (exact) mass is 474 g/mol. The quantitative estimate of drug-likeness (QED) is 0.451. The van der Waals surface area contributed by atoms with Gasteiger partial charge >= 0.3 is 0 Å². The molecule has 0 aromatic heterocycles. The van der Waals surface area contributed by atoms with E-state index >= 15 is 0 Å². The highest BCUT2D eigenvalue weighted by atomic mass is 35.5. The predicted octanol–water partition coefficient (Wildman–Crippen LogP) is 4.83. The molecule has 3 aromatic carbocycles. The molecule has 31 heavy (non-hydrogen) atoms. The molecule has 8 heteroatoms. The van der Waals surface area contributed by atoms with E-state index < -0.39 is 10.0 Å². The summed E-state index contributed by atoms with van der Waals surface area (Å²) in [6.07, 6.45) is 0. The van der Waals surface area contributed by atoms with Crippen LogP contribution in [0.5, 0.6) is 0 Å². The van der Waals surface area contributed by atoms with Crippen molar-refractivity contribution in [3.05, 3.63) is 95.0 Å². The SMILES string of the molecule is CN(c1ccc(C(=O)NCCSCc2ccccc2Cl)cc1)S(=O)(=O)c1ccccc1. The Bertz CT molecular complexity index is 1120. The predicted molar refractivity (Wildman–Crippen MR) is 128 cm³/mol. The van der Waals surface area contributed by atoms with Crippen molar-refractivity contribution in [1.29, 1.82) is 0 Å². The van der Waals surface area contributed by atoms with Crippen molar-refractivity contribution in [2.75, 3.05) is 23.7 Å². The lowest BCUT2D eigenvalue weighted by atomic mass is 10.2. The van der Waals surface area contributed by atoms with Crippen LogP contribution in [0, 0.1) is 0 Å². The Kier molecular flexibility index (Phi) is 8.01. The number of carbonyl (C=O) groups is 1. The zero-order valence-electron chi connectivity index (χ0n) is 17.0. The number of benzene rings is 3. The molecule has 0 bridgehead atoms. The van der Waals surface area contributed by atoms with E-state index in [2.05, 4.69) is 5.32 Å². The number of halogens is 1. The molecular weight excluding hydrogens is 452 g/mol. The summed E-state index contributed by atoms with van der Waals surface area (Å²) < 4.78 is 26.6. The molecule has 0 saturated carbocycles. The second kappa shape index (κ2) is 10.7. The van der Waals surface area contributed by atoms with Gasteiger partial charge in [-0.25, -0.2) is 8.42 Å². The van der Waals surface area contributed by atoms with Gasteiger partial charge in [-0.3, -0.25) is 9.10 Å². The third-order valence-electron chi connectivity index (χ3n) is 4.64. The highest BCUT2D eigenvalue weighted by Crippen LogP contribution is 2.22. The van der Waals surface area contributed by atoms with Crippen LogP contribution in [0.2, 0.25) is 5.02 Å². The smallest absolute Gasteiger partial charge is 0.264 e. The summed E-state index contributed by atoms with van der Waals surface area (Å²) in [5.41, 5.74) is 2.03. The van der Waals surface area contributed by atoms with Gasteiger partial charge < -0.3 is 5.32 Å². The molecule has 1 N–H and O–H groups in total. The molecule has 0 radical (unpaired) electrons. The van der Waals surface area contributed by atoms with Gasteiger partial charge in [-0.05, 0) is 48.0 Å². The van der Waals surface area contributed by atoms with Crippen LogP contribution in [0.3, 0.4) is 0 Å². The summed E-state index contributed by atoms with van der Waals surface area (Å²) in [7, 11) is -2.16. The molecule has 3 rings (SSSR count). The fourth-order valence-electron chi connectivity index (χ4n) is 2.85. The maximum atomic E-state index is 12.7. The van der Waals surface area contributed by atoms with Crippen molar-refractivity contribution < 1.29 is 13.2 Å². The molecule has 0 unspecified atom stereocenters. The van der Waals surface area contributed by atoms with E-state index in [-0.39, 0.29) is 10.8 Å². The van der Waals surface area contributed by atoms with Crippen molar-refractivity contribution in [3.8, 4) is 0 Å². The fraction of sp³-hybridized carbons (Fsp3) is 0.174. The zero-order valence-corrected chi connectivity index (χ0v) is 19.4. The zero-order chi connectivity index (χ0) is 22.3. The maximum Gasteiger partial charge on any atom is 0.264 e. The van der Waals surface area contributed by atoms with E-state index in [9.17, 15) is 13.2 Å². The van der Waals surface area contributed by atoms with E-state index in [0.717, 1.165) is 22.1 Å². The van der Waals surface area contributed by atoms with Crippen molar-refractivity contribution in [2.24, 2.45) is 0 Å². The normalized spacial score (nSPS) is 11.2. The van der Waals surface area contributed by atoms with Gasteiger partial charge in [0.05, 0.1) is 10.6 Å². The minimum atomic E-state index is -3.65. The lowest BCUT2D eigenvalue weighted by Crippen LogP contribution is -2.27. The van der Waals surface area contributed by atoms with Crippen LogP contribution in [0.25, 0.3) is 0 Å². The number of amides is 1. The van der Waals surface area contributed by atoms with Crippen LogP contribution >= 0.6 is 23.4 Å². The molecule has 0 atom stereocenters. The van der Waals surface area contributed by atoms with Crippen molar-refractivity contribution in [3.63, 3.8) is 0 Å². The highest BCUT2D eigenvalue weighted by molar-refractivity contribution is 7.98. The van der Waals surface area contributed by atoms with Crippen LogP contribution in [0.15, 0.2) is 83.8 Å². The van der Waals surface area contributed by atoms with Gasteiger partial charge in [0, 0.05) is 35.7 Å². The summed E-state index contributed by atoms with van der Waals surface area (Å²) >= 11 is 7.83. The average Bonchev–Trinajstić information content (AvgIpc) is 2.80. The molecule has 0 heterocycles. The van der Waals surface area contributed by atoms with E-state index in [4.69, 9.17) is 11.6 Å². The summed E-state index contributed by atoms with van der Waals surface area (Å²) in [5.74, 6) is 1.35. The van der Waals surface area contributed by atoms with Crippen LogP contribution < -0.4 is 9.62 Å². The third kappa shape index (κ3) is 6.03. The van der Waals surface area contributed by atoms with E-state index in [0.29, 0.717) is 17.8 Å². The maximum absolute atomic E-state index is 12.7. The molecule has 0 aliphatic rings. The minimum Gasteiger partial charge on any atom is -0.351 e. The van der Waals surface area contributed by atoms with Gasteiger partial charge in [0.25, 0.3) is 15.9 Å². The largest absolute Gasteiger partial charge is 0.351 e. The van der Waals surface area contributed by atoms with Gasteiger partial charge in [0.15, 0.2) is 0 Å². The summed E-state index contributed by atoms with van der Waals surface area (Å²) in [4.78, 5) is 12.6. The number of rotatable bonds is 9. The summed E-state index contributed by atoms with van der Waals surface area (Å²) in [5, 5.41) is 3.63. The van der Waals surface area contributed by atoms with E-state index in [1.54, 1.807) is 66.4 Å². The van der Waals surface area contributed by atoms with Crippen molar-refractivity contribution in [1.82, 2.24) is 5.32 Å². The Morgan fingerprint density at radius 2 is 1.61 bits per heavy atom. The third-order valence-corrected chi connectivity index (χ3v) is 7.82. The first kappa shape index (κ1) is 23.2. The first-order chi connectivity index (χ1) is 14.9. The molecule has 0 aliphatic carbocycles. The average molecular weight is 475 g/mol.